The van der Waals surface area contributed by atoms with Gasteiger partial charge in [0.1, 0.15) is 30.0 Å². The van der Waals surface area contributed by atoms with Crippen molar-refractivity contribution in [2.75, 3.05) is 12.3 Å². The van der Waals surface area contributed by atoms with Crippen LogP contribution >= 0.6 is 31.9 Å². The highest BCUT2D eigenvalue weighted by Gasteiger charge is 2.24. The van der Waals surface area contributed by atoms with E-state index < -0.39 is 0 Å². The summed E-state index contributed by atoms with van der Waals surface area (Å²) in [6, 6.07) is 8.11. The highest BCUT2D eigenvalue weighted by molar-refractivity contribution is 9.11. The zero-order valence-electron chi connectivity index (χ0n) is 10.9. The van der Waals surface area contributed by atoms with E-state index in [1.165, 1.54) is 12.1 Å². The van der Waals surface area contributed by atoms with E-state index in [1.807, 2.05) is 0 Å². The number of nitrogen functional groups attached to an aromatic ring is 1. The van der Waals surface area contributed by atoms with Gasteiger partial charge >= 0.3 is 0 Å². The van der Waals surface area contributed by atoms with Crippen LogP contribution < -0.4 is 15.2 Å². The predicted octanol–water partition coefficient (Wildman–Crippen LogP) is 4.32. The van der Waals surface area contributed by atoms with Crippen LogP contribution in [0.5, 0.6) is 11.5 Å². The second-order valence-corrected chi connectivity index (χ2v) is 6.53. The fourth-order valence-corrected chi connectivity index (χ4v) is 3.73. The Kier molecular flexibility index (Phi) is 4.08. The maximum Gasteiger partial charge on any atom is 0.147 e. The van der Waals surface area contributed by atoms with Crippen molar-refractivity contribution in [3.63, 3.8) is 0 Å². The quantitative estimate of drug-likeness (QED) is 0.758. The summed E-state index contributed by atoms with van der Waals surface area (Å²) in [5.41, 5.74) is 7.26. The third kappa shape index (κ3) is 3.16. The van der Waals surface area contributed by atoms with E-state index in [1.54, 1.807) is 18.2 Å². The molecule has 0 radical (unpaired) electrons. The second kappa shape index (κ2) is 5.85. The highest BCUT2D eigenvalue weighted by Crippen LogP contribution is 2.36. The summed E-state index contributed by atoms with van der Waals surface area (Å²) in [7, 11) is 0. The normalized spacial score (nSPS) is 16.4. The van der Waals surface area contributed by atoms with Crippen molar-refractivity contribution in [2.24, 2.45) is 0 Å². The summed E-state index contributed by atoms with van der Waals surface area (Å²) in [6.07, 6.45) is 0.510. The molecule has 0 spiro atoms. The third-order valence-corrected chi connectivity index (χ3v) is 4.38. The average Bonchev–Trinajstić information content (AvgIpc) is 2.79. The molecule has 0 fully saturated rings. The maximum absolute atomic E-state index is 13.2. The number of hydrogen-bond donors (Lipinski definition) is 1. The van der Waals surface area contributed by atoms with Crippen LogP contribution in [0.2, 0.25) is 0 Å². The smallest absolute Gasteiger partial charge is 0.147 e. The average molecular weight is 417 g/mol. The van der Waals surface area contributed by atoms with Crippen molar-refractivity contribution in [1.82, 2.24) is 0 Å². The first-order valence-corrected chi connectivity index (χ1v) is 7.94. The molecule has 2 N–H and O–H groups in total. The lowest BCUT2D eigenvalue weighted by molar-refractivity contribution is 0.147. The number of anilines is 1. The molecule has 0 bridgehead atoms. The highest BCUT2D eigenvalue weighted by atomic mass is 79.9. The van der Waals surface area contributed by atoms with Gasteiger partial charge in [0.25, 0.3) is 0 Å². The van der Waals surface area contributed by atoms with Gasteiger partial charge in [0.05, 0.1) is 8.95 Å². The fraction of sp³-hybridized carbons (Fsp3) is 0.200. The lowest BCUT2D eigenvalue weighted by atomic mass is 10.1. The van der Waals surface area contributed by atoms with Crippen LogP contribution in [-0.4, -0.2) is 12.7 Å². The Morgan fingerprint density at radius 3 is 2.67 bits per heavy atom. The summed E-state index contributed by atoms with van der Waals surface area (Å²) >= 11 is 6.84. The van der Waals surface area contributed by atoms with Gasteiger partial charge in [-0.2, -0.15) is 0 Å². The van der Waals surface area contributed by atoms with Crippen molar-refractivity contribution in [2.45, 2.75) is 12.5 Å². The fourth-order valence-electron chi connectivity index (χ4n) is 2.28. The number of benzene rings is 2. The van der Waals surface area contributed by atoms with Crippen molar-refractivity contribution in [3.05, 3.63) is 50.7 Å². The van der Waals surface area contributed by atoms with Crippen LogP contribution in [0, 0.1) is 5.82 Å². The minimum absolute atomic E-state index is 0.127. The van der Waals surface area contributed by atoms with Crippen molar-refractivity contribution in [1.29, 1.82) is 0 Å². The van der Waals surface area contributed by atoms with Crippen LogP contribution in [-0.2, 0) is 6.42 Å². The Morgan fingerprint density at radius 1 is 1.24 bits per heavy atom. The van der Waals surface area contributed by atoms with Gasteiger partial charge in [-0.05, 0) is 62.2 Å². The topological polar surface area (TPSA) is 44.5 Å². The number of fused-ring (bicyclic) bond motifs is 1. The molecule has 1 aliphatic heterocycles. The molecule has 3 nitrogen and oxygen atoms in total. The Morgan fingerprint density at radius 2 is 1.95 bits per heavy atom. The lowest BCUT2D eigenvalue weighted by Gasteiger charge is -2.15. The van der Waals surface area contributed by atoms with Gasteiger partial charge in [-0.3, -0.25) is 0 Å². The maximum atomic E-state index is 13.2. The SMILES string of the molecule is Nc1cc(Br)c(OCC2Cc3cc(F)ccc3O2)c(Br)c1. The molecular formula is C15H12Br2FNO2. The summed E-state index contributed by atoms with van der Waals surface area (Å²) in [6.45, 7) is 0.372. The molecule has 6 heteroatoms. The molecule has 0 aliphatic carbocycles. The second-order valence-electron chi connectivity index (χ2n) is 4.82. The van der Waals surface area contributed by atoms with Gasteiger partial charge in [0.2, 0.25) is 0 Å². The Hall–Kier alpha value is -1.27. The van der Waals surface area contributed by atoms with Crippen LogP contribution in [0.1, 0.15) is 5.56 Å². The Balaban J connectivity index is 1.68. The molecule has 0 amide bonds. The van der Waals surface area contributed by atoms with Gasteiger partial charge in [-0.1, -0.05) is 0 Å². The zero-order chi connectivity index (χ0) is 15.0. The van der Waals surface area contributed by atoms with Crippen LogP contribution in [0.25, 0.3) is 0 Å². The number of ether oxygens (including phenoxy) is 2. The number of halogens is 3. The van der Waals surface area contributed by atoms with Crippen molar-refractivity contribution < 1.29 is 13.9 Å². The molecule has 0 saturated carbocycles. The Bertz CT molecular complexity index is 670. The van der Waals surface area contributed by atoms with Gasteiger partial charge < -0.3 is 15.2 Å². The monoisotopic (exact) mass is 415 g/mol. The van der Waals surface area contributed by atoms with Gasteiger partial charge in [-0.15, -0.1) is 0 Å². The zero-order valence-corrected chi connectivity index (χ0v) is 14.1. The molecule has 1 atom stereocenters. The Labute approximate surface area is 138 Å². The molecule has 21 heavy (non-hydrogen) atoms. The molecule has 0 aromatic heterocycles. The van der Waals surface area contributed by atoms with Gasteiger partial charge in [-0.25, -0.2) is 4.39 Å². The number of nitrogens with two attached hydrogens (primary N) is 1. The molecule has 1 aliphatic rings. The summed E-state index contributed by atoms with van der Waals surface area (Å²) < 4.78 is 26.3. The van der Waals surface area contributed by atoms with E-state index >= 15 is 0 Å². The molecule has 1 heterocycles. The van der Waals surface area contributed by atoms with Crippen LogP contribution in [0.15, 0.2) is 39.3 Å². The lowest BCUT2D eigenvalue weighted by Crippen LogP contribution is -2.22. The van der Waals surface area contributed by atoms with E-state index in [9.17, 15) is 4.39 Å². The van der Waals surface area contributed by atoms with Gasteiger partial charge in [0, 0.05) is 17.7 Å². The number of hydrogen-bond acceptors (Lipinski definition) is 3. The van der Waals surface area contributed by atoms with E-state index in [0.717, 1.165) is 20.3 Å². The van der Waals surface area contributed by atoms with Crippen LogP contribution in [0.3, 0.4) is 0 Å². The minimum Gasteiger partial charge on any atom is -0.487 e. The first-order chi connectivity index (χ1) is 10.0. The van der Waals surface area contributed by atoms with Crippen LogP contribution in [0.4, 0.5) is 10.1 Å². The molecular weight excluding hydrogens is 405 g/mol. The molecule has 2 aromatic carbocycles. The molecule has 1 unspecified atom stereocenters. The molecule has 0 saturated heterocycles. The number of rotatable bonds is 3. The predicted molar refractivity (Wildman–Crippen MR) is 86.3 cm³/mol. The minimum atomic E-state index is -0.247. The van der Waals surface area contributed by atoms with E-state index in [0.29, 0.717) is 24.5 Å². The molecule has 3 rings (SSSR count). The van der Waals surface area contributed by atoms with E-state index in [2.05, 4.69) is 31.9 Å². The third-order valence-electron chi connectivity index (χ3n) is 3.20. The summed E-state index contributed by atoms with van der Waals surface area (Å²) in [4.78, 5) is 0. The van der Waals surface area contributed by atoms with Crippen molar-refractivity contribution >= 4 is 37.5 Å². The first kappa shape index (κ1) is 14.7. The summed E-state index contributed by atoms with van der Waals surface area (Å²) in [5, 5.41) is 0. The van der Waals surface area contributed by atoms with E-state index in [-0.39, 0.29) is 11.9 Å². The standard InChI is InChI=1S/C15H12Br2FNO2/c16-12-5-10(19)6-13(17)15(12)20-7-11-4-8-3-9(18)1-2-14(8)21-11/h1-3,5-6,11H,4,7,19H2. The van der Waals surface area contributed by atoms with Crippen molar-refractivity contribution in [3.8, 4) is 11.5 Å². The van der Waals surface area contributed by atoms with E-state index in [4.69, 9.17) is 15.2 Å². The first-order valence-electron chi connectivity index (χ1n) is 6.35. The molecule has 2 aromatic rings. The summed E-state index contributed by atoms with van der Waals surface area (Å²) in [5.74, 6) is 1.15. The molecule has 110 valence electrons. The van der Waals surface area contributed by atoms with Gasteiger partial charge in [0.15, 0.2) is 0 Å². The largest absolute Gasteiger partial charge is 0.487 e.